The zero-order valence-electron chi connectivity index (χ0n) is 15.5. The maximum absolute atomic E-state index is 11.1. The molecule has 4 nitrogen and oxygen atoms in total. The highest BCUT2D eigenvalue weighted by Crippen LogP contribution is 2.33. The van der Waals surface area contributed by atoms with Gasteiger partial charge in [0.2, 0.25) is 0 Å². The molecule has 1 aromatic heterocycles. The second-order valence-corrected chi connectivity index (χ2v) is 7.77. The molecule has 0 atom stereocenters. The minimum Gasteiger partial charge on any atom is -0.478 e. The summed E-state index contributed by atoms with van der Waals surface area (Å²) in [5.74, 6) is -0.236. The molecule has 0 saturated carbocycles. The number of hydrogen-bond acceptors (Lipinski definition) is 2. The molecule has 0 spiro atoms. The summed E-state index contributed by atoms with van der Waals surface area (Å²) in [5.41, 5.74) is 4.85. The molecule has 0 amide bonds. The van der Waals surface area contributed by atoms with Crippen molar-refractivity contribution in [1.29, 1.82) is 0 Å². The van der Waals surface area contributed by atoms with Crippen molar-refractivity contribution in [2.24, 2.45) is 0 Å². The molecule has 4 aromatic rings. The largest absolute Gasteiger partial charge is 0.478 e. The van der Waals surface area contributed by atoms with E-state index in [-0.39, 0.29) is 11.0 Å². The number of fused-ring (bicyclic) bond motifs is 1. The van der Waals surface area contributed by atoms with E-state index in [0.29, 0.717) is 11.3 Å². The van der Waals surface area contributed by atoms with Gasteiger partial charge in [0.15, 0.2) is 0 Å². The van der Waals surface area contributed by atoms with E-state index in [1.807, 2.05) is 24.3 Å². The predicted molar refractivity (Wildman–Crippen MR) is 112 cm³/mol. The van der Waals surface area contributed by atoms with Gasteiger partial charge in [-0.3, -0.25) is 0 Å². The lowest BCUT2D eigenvalue weighted by Crippen LogP contribution is -2.18. The molecule has 1 heterocycles. The summed E-state index contributed by atoms with van der Waals surface area (Å²) in [6.07, 6.45) is 0. The summed E-state index contributed by atoms with van der Waals surface area (Å²) in [6.45, 7) is 4.36. The Morgan fingerprint density at radius 1 is 0.964 bits per heavy atom. The zero-order chi connectivity index (χ0) is 19.9. The smallest absolute Gasteiger partial charge is 0.335 e. The first-order valence-corrected chi connectivity index (χ1v) is 9.32. The molecular weight excluding hydrogens is 372 g/mol. The van der Waals surface area contributed by atoms with E-state index < -0.39 is 5.97 Å². The minimum absolute atomic E-state index is 0.159. The number of benzene rings is 3. The fourth-order valence-corrected chi connectivity index (χ4v) is 3.48. The number of H-pyrrole nitrogens is 1. The number of rotatable bonds is 4. The molecule has 0 unspecified atom stereocenters. The maximum atomic E-state index is 11.1. The number of carboxylic acids is 1. The van der Waals surface area contributed by atoms with E-state index in [2.05, 4.69) is 48.1 Å². The van der Waals surface area contributed by atoms with Gasteiger partial charge in [-0.05, 0) is 41.5 Å². The minimum atomic E-state index is -0.952. The maximum Gasteiger partial charge on any atom is 0.335 e. The van der Waals surface area contributed by atoms with E-state index in [1.54, 1.807) is 18.2 Å². The van der Waals surface area contributed by atoms with Crippen molar-refractivity contribution in [2.75, 3.05) is 0 Å². The highest BCUT2D eigenvalue weighted by molar-refractivity contribution is 6.30. The van der Waals surface area contributed by atoms with Crippen molar-refractivity contribution < 1.29 is 9.90 Å². The van der Waals surface area contributed by atoms with Gasteiger partial charge >= 0.3 is 5.97 Å². The third-order valence-corrected chi connectivity index (χ3v) is 5.43. The van der Waals surface area contributed by atoms with Gasteiger partial charge in [-0.2, -0.15) is 0 Å². The third kappa shape index (κ3) is 3.27. The van der Waals surface area contributed by atoms with Crippen LogP contribution in [0, 0.1) is 0 Å². The molecule has 0 aliphatic carbocycles. The van der Waals surface area contributed by atoms with Crippen molar-refractivity contribution in [2.45, 2.75) is 19.3 Å². The number of nitrogens with one attached hydrogen (secondary N) is 1. The molecule has 0 fully saturated rings. The summed E-state index contributed by atoms with van der Waals surface area (Å²) in [7, 11) is 0. The quantitative estimate of drug-likeness (QED) is 0.455. The Labute approximate surface area is 167 Å². The molecule has 0 radical (unpaired) electrons. The summed E-state index contributed by atoms with van der Waals surface area (Å²) in [6, 6.07) is 21.1. The van der Waals surface area contributed by atoms with Crippen LogP contribution in [0.1, 0.15) is 35.3 Å². The highest BCUT2D eigenvalue weighted by atomic mass is 35.5. The van der Waals surface area contributed by atoms with Crippen LogP contribution in [0.5, 0.6) is 0 Å². The second-order valence-electron chi connectivity index (χ2n) is 7.33. The van der Waals surface area contributed by atoms with Crippen molar-refractivity contribution in [3.8, 4) is 11.4 Å². The van der Waals surface area contributed by atoms with E-state index in [4.69, 9.17) is 16.7 Å². The summed E-state index contributed by atoms with van der Waals surface area (Å²) in [4.78, 5) is 18.9. The van der Waals surface area contributed by atoms with Crippen LogP contribution in [-0.4, -0.2) is 21.0 Å². The predicted octanol–water partition coefficient (Wildman–Crippen LogP) is 5.91. The first kappa shape index (κ1) is 18.3. The Bertz CT molecular complexity index is 1160. The van der Waals surface area contributed by atoms with Crippen LogP contribution in [-0.2, 0) is 5.41 Å². The number of nitrogens with zero attached hydrogens (tertiary/aromatic N) is 1. The molecule has 28 heavy (non-hydrogen) atoms. The number of carboxylic acid groups (broad SMARTS) is 1. The second kappa shape index (κ2) is 6.80. The fourth-order valence-electron chi connectivity index (χ4n) is 3.36. The Kier molecular flexibility index (Phi) is 4.44. The molecule has 3 aromatic carbocycles. The lowest BCUT2D eigenvalue weighted by atomic mass is 9.78. The number of imidazole rings is 1. The first-order valence-electron chi connectivity index (χ1n) is 8.94. The average Bonchev–Trinajstić information content (AvgIpc) is 3.11. The van der Waals surface area contributed by atoms with Gasteiger partial charge in [-0.1, -0.05) is 61.8 Å². The molecule has 0 bridgehead atoms. The van der Waals surface area contributed by atoms with Gasteiger partial charge in [-0.15, -0.1) is 0 Å². The summed E-state index contributed by atoms with van der Waals surface area (Å²) in [5, 5.41) is 9.87. The van der Waals surface area contributed by atoms with Crippen molar-refractivity contribution >= 4 is 28.6 Å². The highest BCUT2D eigenvalue weighted by Gasteiger charge is 2.23. The van der Waals surface area contributed by atoms with Gasteiger partial charge in [0, 0.05) is 16.0 Å². The van der Waals surface area contributed by atoms with E-state index >= 15 is 0 Å². The van der Waals surface area contributed by atoms with Crippen molar-refractivity contribution in [3.05, 3.63) is 88.4 Å². The van der Waals surface area contributed by atoms with Crippen LogP contribution < -0.4 is 0 Å². The number of hydrogen-bond donors (Lipinski definition) is 2. The van der Waals surface area contributed by atoms with Crippen LogP contribution in [0.4, 0.5) is 0 Å². The van der Waals surface area contributed by atoms with E-state index in [0.717, 1.165) is 16.1 Å². The normalized spacial score (nSPS) is 11.7. The molecule has 4 rings (SSSR count). The SMILES string of the molecule is CC(C)(c1ccc(Cl)cc1)c1ccc(-c2nc3ccc(C(=O)O)cc3[nH]2)cc1. The van der Waals surface area contributed by atoms with Gasteiger partial charge in [0.1, 0.15) is 5.82 Å². The number of halogens is 1. The number of aromatic nitrogens is 2. The third-order valence-electron chi connectivity index (χ3n) is 5.17. The lowest BCUT2D eigenvalue weighted by molar-refractivity contribution is 0.0697. The molecule has 0 saturated heterocycles. The Morgan fingerprint density at radius 3 is 2.18 bits per heavy atom. The molecule has 2 N–H and O–H groups in total. The number of carbonyl (C=O) groups is 1. The van der Waals surface area contributed by atoms with Crippen LogP contribution in [0.25, 0.3) is 22.4 Å². The Morgan fingerprint density at radius 2 is 1.57 bits per heavy atom. The van der Waals surface area contributed by atoms with Crippen LogP contribution in [0.15, 0.2) is 66.7 Å². The monoisotopic (exact) mass is 390 g/mol. The fraction of sp³-hybridized carbons (Fsp3) is 0.130. The Balaban J connectivity index is 1.67. The van der Waals surface area contributed by atoms with Gasteiger partial charge in [0.25, 0.3) is 0 Å². The van der Waals surface area contributed by atoms with Gasteiger partial charge in [-0.25, -0.2) is 9.78 Å². The molecule has 5 heteroatoms. The topological polar surface area (TPSA) is 66.0 Å². The number of aromatic amines is 1. The van der Waals surface area contributed by atoms with Crippen LogP contribution >= 0.6 is 11.6 Å². The van der Waals surface area contributed by atoms with E-state index in [1.165, 1.54) is 11.1 Å². The average molecular weight is 391 g/mol. The zero-order valence-corrected chi connectivity index (χ0v) is 16.3. The number of aromatic carboxylic acids is 1. The molecule has 140 valence electrons. The van der Waals surface area contributed by atoms with E-state index in [9.17, 15) is 4.79 Å². The van der Waals surface area contributed by atoms with Crippen LogP contribution in [0.2, 0.25) is 5.02 Å². The molecular formula is C23H19ClN2O2. The van der Waals surface area contributed by atoms with Crippen LogP contribution in [0.3, 0.4) is 0 Å². The van der Waals surface area contributed by atoms with Crippen molar-refractivity contribution in [1.82, 2.24) is 9.97 Å². The Hall–Kier alpha value is -3.11. The van der Waals surface area contributed by atoms with Gasteiger partial charge in [0.05, 0.1) is 16.6 Å². The van der Waals surface area contributed by atoms with Crippen molar-refractivity contribution in [3.63, 3.8) is 0 Å². The molecule has 0 aliphatic rings. The summed E-state index contributed by atoms with van der Waals surface area (Å²) < 4.78 is 0. The van der Waals surface area contributed by atoms with Gasteiger partial charge < -0.3 is 10.1 Å². The standard InChI is InChI=1S/C23H19ClN2O2/c1-23(2,17-8-10-18(24)11-9-17)16-6-3-14(4-7-16)21-25-19-12-5-15(22(27)28)13-20(19)26-21/h3-13H,1-2H3,(H,25,26)(H,27,28). The molecule has 0 aliphatic heterocycles. The lowest BCUT2D eigenvalue weighted by Gasteiger charge is -2.26. The summed E-state index contributed by atoms with van der Waals surface area (Å²) >= 11 is 6.01. The first-order chi connectivity index (χ1) is 13.3.